The highest BCUT2D eigenvalue weighted by Crippen LogP contribution is 2.56. The summed E-state index contributed by atoms with van der Waals surface area (Å²) in [5, 5.41) is 12.8. The van der Waals surface area contributed by atoms with E-state index in [1.807, 2.05) is 11.3 Å². The highest BCUT2D eigenvalue weighted by atomic mass is 32.1. The van der Waals surface area contributed by atoms with E-state index in [1.165, 1.54) is 127 Å². The Kier molecular flexibility index (Phi) is 20.8. The summed E-state index contributed by atoms with van der Waals surface area (Å²) in [5.74, 6) is 3.34. The Bertz CT molecular complexity index is 2800. The fourth-order valence-corrected chi connectivity index (χ4v) is 21.6. The van der Waals surface area contributed by atoms with Gasteiger partial charge in [-0.2, -0.15) is 0 Å². The molecule has 0 radical (unpaired) electrons. The van der Waals surface area contributed by atoms with E-state index in [4.69, 9.17) is 25.5 Å². The summed E-state index contributed by atoms with van der Waals surface area (Å²) >= 11 is 5.27. The largest absolute Gasteiger partial charge is 0.493 e. The van der Waals surface area contributed by atoms with Gasteiger partial charge in [0, 0.05) is 36.6 Å². The van der Waals surface area contributed by atoms with Crippen molar-refractivity contribution in [1.82, 2.24) is 0 Å². The normalized spacial score (nSPS) is 14.2. The first kappa shape index (κ1) is 56.9. The van der Waals surface area contributed by atoms with E-state index in [0.29, 0.717) is 25.0 Å². The molecule has 6 aromatic rings. The fraction of sp³-hybridized carbons (Fsp3) is 0.469. The molecule has 2 atom stereocenters. The third kappa shape index (κ3) is 13.3. The van der Waals surface area contributed by atoms with Crippen LogP contribution in [0, 0.1) is 18.4 Å². The zero-order valence-corrected chi connectivity index (χ0v) is 49.4. The van der Waals surface area contributed by atoms with Crippen LogP contribution in [0.1, 0.15) is 149 Å². The minimum absolute atomic E-state index is 0.240. The van der Waals surface area contributed by atoms with Crippen LogP contribution in [-0.2, 0) is 4.79 Å². The predicted molar refractivity (Wildman–Crippen MR) is 325 cm³/mol. The standard InChI is InChI=1S/C64H80N2O6S3Si/c1-8-14-18-20-38-76(39-21-19-15-9-2)56-41-53(40-54(65-7)64(67)68)73-62(56)63-57(76)42-55(74-63)61-59-58(69-36-37-70-59)60(75-61)47-24-26-48(27-25-47)66(49-28-32-51(33-29-49)71-43-45(12-5)22-16-10-3)50-30-34-52(35-31-50)72-44-46(13-6)23-17-11-4/h24-35,40-42,45-46H,8-23,36-39,43-44H2,1-6H3,(H,67,68)/b54-40-. The van der Waals surface area contributed by atoms with Gasteiger partial charge >= 0.3 is 5.97 Å². The van der Waals surface area contributed by atoms with Crippen molar-refractivity contribution >= 4 is 81.6 Å². The van der Waals surface area contributed by atoms with Crippen LogP contribution in [0.4, 0.5) is 17.1 Å². The lowest BCUT2D eigenvalue weighted by atomic mass is 10.0. The molecule has 3 aromatic carbocycles. The summed E-state index contributed by atoms with van der Waals surface area (Å²) in [6.07, 6.45) is 20.7. The summed E-state index contributed by atoms with van der Waals surface area (Å²) in [4.78, 5) is 24.5. The molecule has 0 spiro atoms. The summed E-state index contributed by atoms with van der Waals surface area (Å²) in [5.41, 5.74) is 3.94. The number of rotatable bonds is 31. The summed E-state index contributed by atoms with van der Waals surface area (Å²) in [6.45, 7) is 23.6. The monoisotopic (exact) mass is 1100 g/mol. The molecule has 2 aliphatic heterocycles. The molecule has 0 saturated heterocycles. The molecule has 0 fully saturated rings. The number of aliphatic carboxylic acids is 1. The molecule has 2 unspecified atom stereocenters. The highest BCUT2D eigenvalue weighted by Gasteiger charge is 2.48. The Labute approximate surface area is 466 Å². The predicted octanol–water partition coefficient (Wildman–Crippen LogP) is 18.7. The molecule has 0 saturated carbocycles. The van der Waals surface area contributed by atoms with E-state index in [-0.39, 0.29) is 5.70 Å². The first-order chi connectivity index (χ1) is 37.2. The number of carboxylic acid groups (broad SMARTS) is 1. The fourth-order valence-electron chi connectivity index (χ4n) is 10.9. The summed E-state index contributed by atoms with van der Waals surface area (Å²) in [6, 6.07) is 33.0. The smallest absolute Gasteiger partial charge is 0.333 e. The van der Waals surface area contributed by atoms with Crippen LogP contribution >= 0.6 is 34.0 Å². The van der Waals surface area contributed by atoms with Gasteiger partial charge in [-0.15, -0.1) is 34.0 Å². The average molecular weight is 1100 g/mol. The lowest BCUT2D eigenvalue weighted by Gasteiger charge is -2.29. The number of unbranched alkanes of at least 4 members (excludes halogenated alkanes) is 8. The van der Waals surface area contributed by atoms with Gasteiger partial charge < -0.3 is 29.0 Å². The van der Waals surface area contributed by atoms with E-state index in [1.54, 1.807) is 28.7 Å². The van der Waals surface area contributed by atoms with Crippen molar-refractivity contribution < 1.29 is 28.8 Å². The van der Waals surface area contributed by atoms with Crippen LogP contribution < -0.4 is 34.2 Å². The van der Waals surface area contributed by atoms with Gasteiger partial charge in [0.1, 0.15) is 32.8 Å². The Morgan fingerprint density at radius 3 is 1.61 bits per heavy atom. The molecule has 0 aliphatic carbocycles. The van der Waals surface area contributed by atoms with E-state index in [2.05, 4.69) is 136 Å². The second-order valence-electron chi connectivity index (χ2n) is 20.8. The number of fused-ring (bicyclic) bond motifs is 4. The van der Waals surface area contributed by atoms with E-state index in [0.717, 1.165) is 86.3 Å². The topological polar surface area (TPSA) is 81.8 Å². The zero-order valence-electron chi connectivity index (χ0n) is 46.0. The molecule has 0 bridgehead atoms. The Hall–Kier alpha value is -5.32. The van der Waals surface area contributed by atoms with Crippen LogP contribution in [0.2, 0.25) is 12.1 Å². The minimum Gasteiger partial charge on any atom is -0.493 e. The lowest BCUT2D eigenvalue weighted by Crippen LogP contribution is -2.54. The van der Waals surface area contributed by atoms with Crippen LogP contribution in [-0.4, -0.2) is 45.6 Å². The third-order valence-corrected chi connectivity index (χ3v) is 24.9. The van der Waals surface area contributed by atoms with Crippen LogP contribution in [0.25, 0.3) is 40.9 Å². The Balaban J connectivity index is 1.14. The van der Waals surface area contributed by atoms with Gasteiger partial charge in [0.05, 0.1) is 29.5 Å². The summed E-state index contributed by atoms with van der Waals surface area (Å²) in [7, 11) is -2.28. The maximum absolute atomic E-state index is 12.0. The highest BCUT2D eigenvalue weighted by molar-refractivity contribution is 7.32. The zero-order chi connectivity index (χ0) is 53.4. The van der Waals surface area contributed by atoms with Crippen molar-refractivity contribution in [1.29, 1.82) is 0 Å². The Morgan fingerprint density at radius 1 is 0.632 bits per heavy atom. The van der Waals surface area contributed by atoms with Gasteiger partial charge in [0.15, 0.2) is 11.5 Å². The first-order valence-electron chi connectivity index (χ1n) is 28.6. The molecule has 3 aromatic heterocycles. The number of carbonyl (C=O) groups is 1. The second kappa shape index (κ2) is 27.8. The third-order valence-electron chi connectivity index (χ3n) is 15.5. The van der Waals surface area contributed by atoms with E-state index in [9.17, 15) is 9.90 Å². The van der Waals surface area contributed by atoms with Crippen LogP contribution in [0.15, 0.2) is 90.6 Å². The molecular weight excluding hydrogens is 1020 g/mol. The number of anilines is 3. The number of benzene rings is 3. The molecule has 0 amide bonds. The van der Waals surface area contributed by atoms with Crippen molar-refractivity contribution in [2.45, 2.75) is 156 Å². The molecule has 8 rings (SSSR count). The van der Waals surface area contributed by atoms with Crippen LogP contribution in [0.3, 0.4) is 0 Å². The maximum Gasteiger partial charge on any atom is 0.333 e. The van der Waals surface area contributed by atoms with Crippen LogP contribution in [0.5, 0.6) is 23.0 Å². The molecule has 1 N–H and O–H groups in total. The van der Waals surface area contributed by atoms with Crippen molar-refractivity contribution in [3.8, 4) is 52.9 Å². The Morgan fingerprint density at radius 2 is 1.12 bits per heavy atom. The first-order valence-corrected chi connectivity index (χ1v) is 33.5. The molecule has 404 valence electrons. The molecule has 76 heavy (non-hydrogen) atoms. The number of carboxylic acids is 1. The average Bonchev–Trinajstić information content (AvgIpc) is 4.30. The number of hydrogen-bond donors (Lipinski definition) is 1. The quantitative estimate of drug-likeness (QED) is 0.0201. The molecular formula is C64H80N2O6S3Si. The maximum atomic E-state index is 12.0. The van der Waals surface area contributed by atoms with Crippen molar-refractivity contribution in [3.63, 3.8) is 0 Å². The SMILES string of the molecule is [C-]#[N+]/C(=C\c1cc2c(s1)-c1sc(-c3sc(-c4ccc(N(c5ccc(OCC(CC)CCCC)cc5)c5ccc(OCC(CC)CCCC)cc5)cc4)c4c3OCCO4)cc1[Si]2(CCCCCC)CCCCCC)C(=O)O. The number of hydrogen-bond acceptors (Lipinski definition) is 9. The van der Waals surface area contributed by atoms with Crippen molar-refractivity contribution in [2.24, 2.45) is 11.8 Å². The van der Waals surface area contributed by atoms with E-state index < -0.39 is 14.0 Å². The molecule has 8 nitrogen and oxygen atoms in total. The van der Waals surface area contributed by atoms with Crippen molar-refractivity contribution in [3.05, 3.63) is 107 Å². The van der Waals surface area contributed by atoms with Gasteiger partial charge in [-0.25, -0.2) is 4.85 Å². The van der Waals surface area contributed by atoms with Gasteiger partial charge in [0.2, 0.25) is 0 Å². The number of ether oxygens (including phenoxy) is 4. The summed E-state index contributed by atoms with van der Waals surface area (Å²) < 4.78 is 25.9. The van der Waals surface area contributed by atoms with Gasteiger partial charge in [-0.1, -0.05) is 144 Å². The van der Waals surface area contributed by atoms with Gasteiger partial charge in [0.25, 0.3) is 5.70 Å². The number of thiophene rings is 3. The minimum atomic E-state index is -2.28. The molecule has 12 heteroatoms. The molecule has 2 aliphatic rings. The lowest BCUT2D eigenvalue weighted by molar-refractivity contribution is -0.132. The number of nitrogens with zero attached hydrogens (tertiary/aromatic N) is 2. The van der Waals surface area contributed by atoms with E-state index >= 15 is 0 Å². The van der Waals surface area contributed by atoms with Gasteiger partial charge in [-0.3, -0.25) is 4.79 Å². The van der Waals surface area contributed by atoms with Gasteiger partial charge in [-0.05, 0) is 132 Å². The molecule has 5 heterocycles. The van der Waals surface area contributed by atoms with Crippen molar-refractivity contribution in [2.75, 3.05) is 31.3 Å². The second-order valence-corrected chi connectivity index (χ2v) is 28.2.